The molecule has 2 aromatic rings. The number of rotatable bonds is 7. The van der Waals surface area contributed by atoms with Crippen LogP contribution in [0.1, 0.15) is 34.6 Å². The second kappa shape index (κ2) is 9.00. The van der Waals surface area contributed by atoms with E-state index in [4.69, 9.17) is 4.74 Å². The molecule has 0 fully saturated rings. The van der Waals surface area contributed by atoms with Gasteiger partial charge in [-0.05, 0) is 29.8 Å². The predicted molar refractivity (Wildman–Crippen MR) is 98.5 cm³/mol. The first-order chi connectivity index (χ1) is 12.4. The minimum Gasteiger partial charge on any atom is -0.497 e. The van der Waals surface area contributed by atoms with Crippen molar-refractivity contribution in [3.05, 3.63) is 46.8 Å². The van der Waals surface area contributed by atoms with E-state index in [0.29, 0.717) is 15.6 Å². The number of methoxy groups -OCH3 is 2. The molecule has 8 heteroatoms. The van der Waals surface area contributed by atoms with Crippen molar-refractivity contribution >= 4 is 34.1 Å². The molecule has 1 unspecified atom stereocenters. The quantitative estimate of drug-likeness (QED) is 0.725. The first kappa shape index (κ1) is 19.5. The van der Waals surface area contributed by atoms with Crippen molar-refractivity contribution in [1.82, 2.24) is 5.32 Å². The zero-order valence-corrected chi connectivity index (χ0v) is 15.5. The highest BCUT2D eigenvalue weighted by molar-refractivity contribution is 7.18. The molecule has 1 aromatic carbocycles. The normalized spacial score (nSPS) is 11.3. The molecule has 0 radical (unpaired) electrons. The minimum atomic E-state index is -0.474. The van der Waals surface area contributed by atoms with Crippen molar-refractivity contribution in [3.8, 4) is 5.75 Å². The number of anilines is 1. The Morgan fingerprint density at radius 2 is 1.77 bits per heavy atom. The van der Waals surface area contributed by atoms with Gasteiger partial charge < -0.3 is 20.1 Å². The highest BCUT2D eigenvalue weighted by atomic mass is 32.1. The van der Waals surface area contributed by atoms with Crippen LogP contribution in [0.2, 0.25) is 0 Å². The lowest BCUT2D eigenvalue weighted by Crippen LogP contribution is -2.29. The van der Waals surface area contributed by atoms with Gasteiger partial charge in [-0.15, -0.1) is 11.3 Å². The molecule has 26 heavy (non-hydrogen) atoms. The Bertz CT molecular complexity index is 785. The number of nitrogens with one attached hydrogen (secondary N) is 2. The lowest BCUT2D eigenvalue weighted by Gasteiger charge is -2.18. The van der Waals surface area contributed by atoms with Crippen LogP contribution < -0.4 is 15.4 Å². The summed E-state index contributed by atoms with van der Waals surface area (Å²) in [4.78, 5) is 35.7. The van der Waals surface area contributed by atoms with Gasteiger partial charge in [0.15, 0.2) is 0 Å². The number of carbonyl (C=O) groups excluding carboxylic acids is 3. The molecule has 7 nitrogen and oxygen atoms in total. The molecule has 2 rings (SSSR count). The minimum absolute atomic E-state index is 0.0529. The number of amides is 2. The second-order valence-corrected chi connectivity index (χ2v) is 6.52. The summed E-state index contributed by atoms with van der Waals surface area (Å²) < 4.78 is 9.76. The molecule has 0 saturated heterocycles. The van der Waals surface area contributed by atoms with Crippen LogP contribution in [-0.2, 0) is 14.3 Å². The summed E-state index contributed by atoms with van der Waals surface area (Å²) in [7, 11) is 2.87. The highest BCUT2D eigenvalue weighted by Crippen LogP contribution is 2.25. The summed E-state index contributed by atoms with van der Waals surface area (Å²) in [6, 6.07) is 9.88. The van der Waals surface area contributed by atoms with E-state index in [1.54, 1.807) is 43.5 Å². The van der Waals surface area contributed by atoms with Crippen LogP contribution in [0.15, 0.2) is 36.4 Å². The van der Waals surface area contributed by atoms with Gasteiger partial charge in [0.25, 0.3) is 0 Å². The van der Waals surface area contributed by atoms with Crippen molar-refractivity contribution in [2.75, 3.05) is 19.5 Å². The molecule has 1 heterocycles. The molecule has 0 saturated carbocycles. The summed E-state index contributed by atoms with van der Waals surface area (Å²) in [6.07, 6.45) is 0.0529. The topological polar surface area (TPSA) is 93.7 Å². The molecule has 0 aliphatic rings. The Morgan fingerprint density at radius 3 is 2.35 bits per heavy atom. The average Bonchev–Trinajstić information content (AvgIpc) is 3.08. The standard InChI is InChI=1S/C18H20N2O5S/c1-11(21)19-14(12-4-6-13(24-2)7-5-12)10-16(22)20-17-9-8-15(26-17)18(23)25-3/h4-9,14H,10H2,1-3H3,(H,19,21)(H,20,22). The number of carbonyl (C=O) groups is 3. The van der Waals surface area contributed by atoms with Crippen LogP contribution in [-0.4, -0.2) is 32.0 Å². The van der Waals surface area contributed by atoms with E-state index in [1.807, 2.05) is 0 Å². The fraction of sp³-hybridized carbons (Fsp3) is 0.278. The largest absolute Gasteiger partial charge is 0.497 e. The zero-order valence-electron chi connectivity index (χ0n) is 14.7. The number of esters is 1. The van der Waals surface area contributed by atoms with Gasteiger partial charge in [-0.25, -0.2) is 4.79 Å². The van der Waals surface area contributed by atoms with Crippen LogP contribution in [0.5, 0.6) is 5.75 Å². The monoisotopic (exact) mass is 376 g/mol. The lowest BCUT2D eigenvalue weighted by atomic mass is 10.0. The molecule has 1 atom stereocenters. The molecular formula is C18H20N2O5S. The Hall–Kier alpha value is -2.87. The predicted octanol–water partition coefficient (Wildman–Crippen LogP) is 2.75. The maximum Gasteiger partial charge on any atom is 0.348 e. The van der Waals surface area contributed by atoms with Crippen LogP contribution >= 0.6 is 11.3 Å². The Morgan fingerprint density at radius 1 is 1.08 bits per heavy atom. The smallest absolute Gasteiger partial charge is 0.348 e. The average molecular weight is 376 g/mol. The van der Waals surface area contributed by atoms with Gasteiger partial charge in [-0.1, -0.05) is 12.1 Å². The third kappa shape index (κ3) is 5.32. The Kier molecular flexibility index (Phi) is 6.74. The highest BCUT2D eigenvalue weighted by Gasteiger charge is 2.18. The Balaban J connectivity index is 2.06. The van der Waals surface area contributed by atoms with Gasteiger partial charge in [0.2, 0.25) is 11.8 Å². The summed E-state index contributed by atoms with van der Waals surface area (Å²) in [5.74, 6) is -0.279. The van der Waals surface area contributed by atoms with E-state index in [1.165, 1.54) is 14.0 Å². The van der Waals surface area contributed by atoms with Crippen molar-refractivity contribution in [1.29, 1.82) is 0 Å². The van der Waals surface area contributed by atoms with E-state index >= 15 is 0 Å². The molecule has 0 aliphatic carbocycles. The molecule has 138 valence electrons. The summed E-state index contributed by atoms with van der Waals surface area (Å²) in [6.45, 7) is 1.40. The third-order valence-corrected chi connectivity index (χ3v) is 4.52. The van der Waals surface area contributed by atoms with E-state index in [9.17, 15) is 14.4 Å². The van der Waals surface area contributed by atoms with Gasteiger partial charge >= 0.3 is 5.97 Å². The van der Waals surface area contributed by atoms with Gasteiger partial charge in [-0.3, -0.25) is 9.59 Å². The van der Waals surface area contributed by atoms with Crippen molar-refractivity contribution in [3.63, 3.8) is 0 Å². The molecule has 0 bridgehead atoms. The van der Waals surface area contributed by atoms with Gasteiger partial charge in [0, 0.05) is 6.92 Å². The van der Waals surface area contributed by atoms with Crippen LogP contribution in [0.25, 0.3) is 0 Å². The first-order valence-corrected chi connectivity index (χ1v) is 8.63. The van der Waals surface area contributed by atoms with E-state index in [-0.39, 0.29) is 18.2 Å². The zero-order chi connectivity index (χ0) is 19.1. The molecule has 1 aromatic heterocycles. The third-order valence-electron chi connectivity index (χ3n) is 3.54. The summed E-state index contributed by atoms with van der Waals surface area (Å²) in [5, 5.41) is 6.04. The fourth-order valence-corrected chi connectivity index (χ4v) is 3.16. The number of thiophene rings is 1. The molecule has 2 N–H and O–H groups in total. The SMILES string of the molecule is COC(=O)c1ccc(NC(=O)CC(NC(C)=O)c2ccc(OC)cc2)s1. The van der Waals surface area contributed by atoms with Crippen molar-refractivity contribution in [2.45, 2.75) is 19.4 Å². The number of ether oxygens (including phenoxy) is 2. The lowest BCUT2D eigenvalue weighted by molar-refractivity contribution is -0.120. The van der Waals surface area contributed by atoms with E-state index in [0.717, 1.165) is 16.9 Å². The number of hydrogen-bond acceptors (Lipinski definition) is 6. The van der Waals surface area contributed by atoms with Gasteiger partial charge in [-0.2, -0.15) is 0 Å². The molecular weight excluding hydrogens is 356 g/mol. The van der Waals surface area contributed by atoms with Crippen LogP contribution in [0.3, 0.4) is 0 Å². The summed E-state index contributed by atoms with van der Waals surface area (Å²) in [5.41, 5.74) is 0.789. The number of hydrogen-bond donors (Lipinski definition) is 2. The number of benzene rings is 1. The molecule has 0 spiro atoms. The fourth-order valence-electron chi connectivity index (χ4n) is 2.32. The van der Waals surface area contributed by atoms with E-state index in [2.05, 4.69) is 15.4 Å². The van der Waals surface area contributed by atoms with Gasteiger partial charge in [0.05, 0.1) is 31.7 Å². The maximum absolute atomic E-state index is 12.4. The molecule has 0 aliphatic heterocycles. The maximum atomic E-state index is 12.4. The second-order valence-electron chi connectivity index (χ2n) is 5.43. The molecule has 2 amide bonds. The van der Waals surface area contributed by atoms with Crippen molar-refractivity contribution in [2.24, 2.45) is 0 Å². The van der Waals surface area contributed by atoms with E-state index < -0.39 is 12.0 Å². The van der Waals surface area contributed by atoms with Gasteiger partial charge in [0.1, 0.15) is 10.6 Å². The van der Waals surface area contributed by atoms with Crippen LogP contribution in [0, 0.1) is 0 Å². The first-order valence-electron chi connectivity index (χ1n) is 7.82. The Labute approximate surface area is 155 Å². The van der Waals surface area contributed by atoms with Crippen molar-refractivity contribution < 1.29 is 23.9 Å². The summed E-state index contributed by atoms with van der Waals surface area (Å²) >= 11 is 1.13. The van der Waals surface area contributed by atoms with Crippen LogP contribution in [0.4, 0.5) is 5.00 Å².